The van der Waals surface area contributed by atoms with Gasteiger partial charge < -0.3 is 0 Å². The highest BCUT2D eigenvalue weighted by molar-refractivity contribution is 9.10. The van der Waals surface area contributed by atoms with Gasteiger partial charge in [-0.15, -0.1) is 0 Å². The standard InChI is InChI=1S/C16H16BrN3/c1-9-5-6-13(7-10(9)2)14-8-20-12(4)15(17)11(3)18-16(20)19-14/h5-8H,1-4H3. The lowest BCUT2D eigenvalue weighted by atomic mass is 10.1. The predicted molar refractivity (Wildman–Crippen MR) is 85.1 cm³/mol. The fourth-order valence-electron chi connectivity index (χ4n) is 2.30. The smallest absolute Gasteiger partial charge is 0.234 e. The molecule has 20 heavy (non-hydrogen) atoms. The Morgan fingerprint density at radius 2 is 1.75 bits per heavy atom. The second-order valence-electron chi connectivity index (χ2n) is 5.19. The van der Waals surface area contributed by atoms with Crippen molar-refractivity contribution in [3.63, 3.8) is 0 Å². The zero-order valence-electron chi connectivity index (χ0n) is 12.0. The Labute approximate surface area is 126 Å². The zero-order valence-corrected chi connectivity index (χ0v) is 13.6. The first-order valence-electron chi connectivity index (χ1n) is 6.57. The van der Waals surface area contributed by atoms with Crippen molar-refractivity contribution in [2.45, 2.75) is 27.7 Å². The maximum absolute atomic E-state index is 4.65. The average molecular weight is 330 g/mol. The molecule has 0 fully saturated rings. The van der Waals surface area contributed by atoms with Crippen LogP contribution in [0, 0.1) is 27.7 Å². The number of fused-ring (bicyclic) bond motifs is 1. The molecule has 0 aliphatic carbocycles. The monoisotopic (exact) mass is 329 g/mol. The molecule has 0 aliphatic heterocycles. The van der Waals surface area contributed by atoms with Gasteiger partial charge in [-0.25, -0.2) is 9.97 Å². The average Bonchev–Trinajstić information content (AvgIpc) is 2.83. The number of benzene rings is 1. The number of imidazole rings is 1. The largest absolute Gasteiger partial charge is 0.287 e. The minimum Gasteiger partial charge on any atom is -0.287 e. The van der Waals surface area contributed by atoms with Crippen molar-refractivity contribution in [3.8, 4) is 11.3 Å². The summed E-state index contributed by atoms with van der Waals surface area (Å²) in [5, 5.41) is 0. The summed E-state index contributed by atoms with van der Waals surface area (Å²) in [5.74, 6) is 0.747. The van der Waals surface area contributed by atoms with E-state index in [1.54, 1.807) is 0 Å². The van der Waals surface area contributed by atoms with E-state index in [0.717, 1.165) is 32.9 Å². The lowest BCUT2D eigenvalue weighted by Crippen LogP contribution is -1.97. The van der Waals surface area contributed by atoms with Crippen LogP contribution >= 0.6 is 15.9 Å². The van der Waals surface area contributed by atoms with Gasteiger partial charge in [0.05, 0.1) is 15.9 Å². The van der Waals surface area contributed by atoms with Crippen molar-refractivity contribution in [3.05, 3.63) is 51.4 Å². The molecule has 0 spiro atoms. The van der Waals surface area contributed by atoms with E-state index in [1.807, 2.05) is 17.5 Å². The van der Waals surface area contributed by atoms with Crippen LogP contribution in [0.2, 0.25) is 0 Å². The quantitative estimate of drug-likeness (QED) is 0.662. The topological polar surface area (TPSA) is 30.2 Å². The lowest BCUT2D eigenvalue weighted by Gasteiger charge is -2.04. The molecule has 0 aliphatic rings. The molecule has 4 heteroatoms. The Morgan fingerprint density at radius 3 is 2.45 bits per heavy atom. The van der Waals surface area contributed by atoms with Crippen molar-refractivity contribution < 1.29 is 0 Å². The Bertz CT molecular complexity index is 818. The van der Waals surface area contributed by atoms with Crippen molar-refractivity contribution in [1.29, 1.82) is 0 Å². The number of halogens is 1. The van der Waals surface area contributed by atoms with Crippen molar-refractivity contribution in [2.75, 3.05) is 0 Å². The first kappa shape index (κ1) is 13.3. The number of rotatable bonds is 1. The molecule has 1 aromatic carbocycles. The highest BCUT2D eigenvalue weighted by Crippen LogP contribution is 2.25. The van der Waals surface area contributed by atoms with Crippen molar-refractivity contribution >= 4 is 21.7 Å². The highest BCUT2D eigenvalue weighted by atomic mass is 79.9. The third-order valence-corrected chi connectivity index (χ3v) is 4.90. The van der Waals surface area contributed by atoms with E-state index in [4.69, 9.17) is 0 Å². The third-order valence-electron chi connectivity index (χ3n) is 3.75. The summed E-state index contributed by atoms with van der Waals surface area (Å²) < 4.78 is 3.07. The van der Waals surface area contributed by atoms with Gasteiger partial charge in [-0.1, -0.05) is 12.1 Å². The number of hydrogen-bond acceptors (Lipinski definition) is 2. The number of nitrogens with zero attached hydrogens (tertiary/aromatic N) is 3. The van der Waals surface area contributed by atoms with Gasteiger partial charge in [-0.3, -0.25) is 4.40 Å². The van der Waals surface area contributed by atoms with Crippen LogP contribution in [0.1, 0.15) is 22.5 Å². The van der Waals surface area contributed by atoms with E-state index in [1.165, 1.54) is 11.1 Å². The molecule has 0 saturated carbocycles. The molecule has 102 valence electrons. The fourth-order valence-corrected chi connectivity index (χ4v) is 2.58. The van der Waals surface area contributed by atoms with Gasteiger partial charge in [0.25, 0.3) is 0 Å². The zero-order chi connectivity index (χ0) is 14.4. The summed E-state index contributed by atoms with van der Waals surface area (Å²) in [6, 6.07) is 6.42. The maximum Gasteiger partial charge on any atom is 0.234 e. The van der Waals surface area contributed by atoms with Crippen molar-refractivity contribution in [1.82, 2.24) is 14.4 Å². The Morgan fingerprint density at radius 1 is 1.00 bits per heavy atom. The van der Waals surface area contributed by atoms with Crippen LogP contribution in [-0.4, -0.2) is 14.4 Å². The Kier molecular flexibility index (Phi) is 3.13. The van der Waals surface area contributed by atoms with Crippen LogP contribution < -0.4 is 0 Å². The summed E-state index contributed by atoms with van der Waals surface area (Å²) in [5.41, 5.74) is 6.75. The van der Waals surface area contributed by atoms with Crippen LogP contribution in [0.5, 0.6) is 0 Å². The minimum absolute atomic E-state index is 0.747. The van der Waals surface area contributed by atoms with Gasteiger partial charge >= 0.3 is 0 Å². The first-order valence-corrected chi connectivity index (χ1v) is 7.36. The normalized spacial score (nSPS) is 11.2. The molecule has 0 atom stereocenters. The van der Waals surface area contributed by atoms with Gasteiger partial charge in [-0.05, 0) is 60.8 Å². The molecule has 0 radical (unpaired) electrons. The molecule has 2 heterocycles. The molecule has 0 amide bonds. The molecule has 0 unspecified atom stereocenters. The van der Waals surface area contributed by atoms with Crippen LogP contribution in [0.3, 0.4) is 0 Å². The van der Waals surface area contributed by atoms with Gasteiger partial charge in [0, 0.05) is 17.5 Å². The Hall–Kier alpha value is -1.68. The maximum atomic E-state index is 4.65. The molecule has 0 N–H and O–H groups in total. The summed E-state index contributed by atoms with van der Waals surface area (Å²) >= 11 is 3.58. The van der Waals surface area contributed by atoms with Crippen LogP contribution in [-0.2, 0) is 0 Å². The van der Waals surface area contributed by atoms with Crippen LogP contribution in [0.15, 0.2) is 28.9 Å². The van der Waals surface area contributed by atoms with Gasteiger partial charge in [0.1, 0.15) is 0 Å². The van der Waals surface area contributed by atoms with E-state index >= 15 is 0 Å². The van der Waals surface area contributed by atoms with Gasteiger partial charge in [0.2, 0.25) is 5.78 Å². The van der Waals surface area contributed by atoms with E-state index in [-0.39, 0.29) is 0 Å². The van der Waals surface area contributed by atoms with E-state index in [2.05, 4.69) is 64.9 Å². The molecule has 3 nitrogen and oxygen atoms in total. The number of aryl methyl sites for hydroxylation is 4. The SMILES string of the molecule is Cc1ccc(-c2cn3c(C)c(Br)c(C)nc3n2)cc1C. The number of hydrogen-bond donors (Lipinski definition) is 0. The molecule has 0 bridgehead atoms. The lowest BCUT2D eigenvalue weighted by molar-refractivity contribution is 0.996. The van der Waals surface area contributed by atoms with Crippen LogP contribution in [0.25, 0.3) is 17.0 Å². The first-order chi connectivity index (χ1) is 9.47. The summed E-state index contributed by atoms with van der Waals surface area (Å²) in [6.07, 6.45) is 2.05. The van der Waals surface area contributed by atoms with E-state index in [9.17, 15) is 0 Å². The molecular weight excluding hydrogens is 314 g/mol. The second kappa shape index (κ2) is 4.70. The molecule has 3 rings (SSSR count). The molecular formula is C16H16BrN3. The van der Waals surface area contributed by atoms with E-state index < -0.39 is 0 Å². The van der Waals surface area contributed by atoms with E-state index in [0.29, 0.717) is 0 Å². The van der Waals surface area contributed by atoms with Crippen molar-refractivity contribution in [2.24, 2.45) is 0 Å². The Balaban J connectivity index is 2.23. The van der Waals surface area contributed by atoms with Crippen LogP contribution in [0.4, 0.5) is 0 Å². The summed E-state index contributed by atoms with van der Waals surface area (Å²) in [4.78, 5) is 9.17. The minimum atomic E-state index is 0.747. The van der Waals surface area contributed by atoms with Gasteiger partial charge in [0.15, 0.2) is 0 Å². The molecule has 2 aromatic heterocycles. The highest BCUT2D eigenvalue weighted by Gasteiger charge is 2.11. The fraction of sp³-hybridized carbons (Fsp3) is 0.250. The summed E-state index contributed by atoms with van der Waals surface area (Å²) in [7, 11) is 0. The van der Waals surface area contributed by atoms with Gasteiger partial charge in [-0.2, -0.15) is 0 Å². The molecule has 3 aromatic rings. The predicted octanol–water partition coefficient (Wildman–Crippen LogP) is 4.39. The molecule has 0 saturated heterocycles. The number of aromatic nitrogens is 3. The second-order valence-corrected chi connectivity index (χ2v) is 5.98. The summed E-state index contributed by atoms with van der Waals surface area (Å²) in [6.45, 7) is 8.30. The third kappa shape index (κ3) is 2.04.